The normalized spacial score (nSPS) is 10.3. The Balaban J connectivity index is 2.17. The van der Waals surface area contributed by atoms with Crippen molar-refractivity contribution in [2.45, 2.75) is 9.79 Å². The first-order valence-electron chi connectivity index (χ1n) is 5.41. The number of carbonyl (C=O) groups excluding carboxylic acids is 1. The van der Waals surface area contributed by atoms with Crippen LogP contribution in [0.15, 0.2) is 52.3 Å². The van der Waals surface area contributed by atoms with Crippen molar-refractivity contribution in [1.29, 1.82) is 0 Å². The van der Waals surface area contributed by atoms with Crippen molar-refractivity contribution in [3.8, 4) is 0 Å². The second-order valence-electron chi connectivity index (χ2n) is 3.69. The first-order valence-corrected chi connectivity index (χ1v) is 7.31. The molecule has 0 bridgehead atoms. The lowest BCUT2D eigenvalue weighted by molar-refractivity contribution is 0.0600. The summed E-state index contributed by atoms with van der Waals surface area (Å²) >= 11 is 3.39. The summed E-state index contributed by atoms with van der Waals surface area (Å²) in [6.45, 7) is 0. The predicted octanol–water partition coefficient (Wildman–Crippen LogP) is 4.37. The molecule has 0 atom stereocenters. The summed E-state index contributed by atoms with van der Waals surface area (Å²) in [5.41, 5.74) is 0.481. The van der Waals surface area contributed by atoms with Crippen molar-refractivity contribution >= 4 is 40.3 Å². The van der Waals surface area contributed by atoms with Crippen LogP contribution in [0.5, 0.6) is 0 Å². The summed E-state index contributed by atoms with van der Waals surface area (Å²) in [4.78, 5) is 12.7. The van der Waals surface area contributed by atoms with Gasteiger partial charge in [-0.2, -0.15) is 0 Å². The molecule has 2 rings (SSSR count). The lowest BCUT2D eigenvalue weighted by Gasteiger charge is -2.04. The molecule has 0 radical (unpaired) electrons. The van der Waals surface area contributed by atoms with Crippen molar-refractivity contribution in [3.05, 3.63) is 57.4 Å². The van der Waals surface area contributed by atoms with E-state index in [-0.39, 0.29) is 11.8 Å². The minimum absolute atomic E-state index is 0.242. The summed E-state index contributed by atoms with van der Waals surface area (Å²) < 4.78 is 19.2. The van der Waals surface area contributed by atoms with Crippen LogP contribution in [0.3, 0.4) is 0 Å². The third-order valence-electron chi connectivity index (χ3n) is 2.40. The SMILES string of the molecule is COC(=O)c1ccc(Sc2ccc(I)cc2F)cc1. The van der Waals surface area contributed by atoms with E-state index < -0.39 is 0 Å². The third kappa shape index (κ3) is 3.70. The number of hydrogen-bond acceptors (Lipinski definition) is 3. The summed E-state index contributed by atoms with van der Waals surface area (Å²) in [5, 5.41) is 0. The number of ether oxygens (including phenoxy) is 1. The van der Waals surface area contributed by atoms with Crippen LogP contribution in [0.2, 0.25) is 0 Å². The van der Waals surface area contributed by atoms with Crippen molar-refractivity contribution < 1.29 is 13.9 Å². The Morgan fingerprint density at radius 1 is 1.21 bits per heavy atom. The van der Waals surface area contributed by atoms with Gasteiger partial charge in [-0.1, -0.05) is 11.8 Å². The molecule has 0 aliphatic rings. The van der Waals surface area contributed by atoms with Crippen LogP contribution in [0.4, 0.5) is 4.39 Å². The maximum Gasteiger partial charge on any atom is 0.337 e. The molecule has 0 fully saturated rings. The van der Waals surface area contributed by atoms with Crippen LogP contribution in [-0.4, -0.2) is 13.1 Å². The van der Waals surface area contributed by atoms with E-state index in [9.17, 15) is 9.18 Å². The molecule has 0 aliphatic heterocycles. The number of hydrogen-bond donors (Lipinski definition) is 0. The minimum Gasteiger partial charge on any atom is -0.465 e. The Hall–Kier alpha value is -1.08. The van der Waals surface area contributed by atoms with Crippen LogP contribution < -0.4 is 0 Å². The Morgan fingerprint density at radius 2 is 1.89 bits per heavy atom. The summed E-state index contributed by atoms with van der Waals surface area (Å²) in [6.07, 6.45) is 0. The number of rotatable bonds is 3. The first-order chi connectivity index (χ1) is 9.10. The molecule has 0 spiro atoms. The van der Waals surface area contributed by atoms with E-state index in [4.69, 9.17) is 0 Å². The van der Waals surface area contributed by atoms with Crippen molar-refractivity contribution in [2.75, 3.05) is 7.11 Å². The zero-order valence-corrected chi connectivity index (χ0v) is 13.0. The van der Waals surface area contributed by atoms with Gasteiger partial charge in [-0.15, -0.1) is 0 Å². The topological polar surface area (TPSA) is 26.3 Å². The summed E-state index contributed by atoms with van der Waals surface area (Å²) in [5.74, 6) is -0.620. The number of benzene rings is 2. The molecular formula is C14H10FIO2S. The highest BCUT2D eigenvalue weighted by atomic mass is 127. The van der Waals surface area contributed by atoms with Crippen molar-refractivity contribution in [1.82, 2.24) is 0 Å². The highest BCUT2D eigenvalue weighted by molar-refractivity contribution is 14.1. The molecule has 2 nitrogen and oxygen atoms in total. The van der Waals surface area contributed by atoms with Gasteiger partial charge in [-0.3, -0.25) is 0 Å². The quantitative estimate of drug-likeness (QED) is 0.577. The van der Waals surface area contributed by atoms with Crippen LogP contribution in [0.1, 0.15) is 10.4 Å². The van der Waals surface area contributed by atoms with E-state index in [0.29, 0.717) is 10.5 Å². The molecule has 5 heteroatoms. The molecule has 2 aromatic rings. The average Bonchev–Trinajstić information content (AvgIpc) is 2.42. The molecule has 0 N–H and O–H groups in total. The second-order valence-corrected chi connectivity index (χ2v) is 6.05. The number of halogens is 2. The van der Waals surface area contributed by atoms with Gasteiger partial charge in [0.25, 0.3) is 0 Å². The monoisotopic (exact) mass is 388 g/mol. The molecule has 0 unspecified atom stereocenters. The molecule has 0 saturated carbocycles. The van der Waals surface area contributed by atoms with E-state index in [1.165, 1.54) is 24.9 Å². The minimum atomic E-state index is -0.378. The molecule has 0 amide bonds. The predicted molar refractivity (Wildman–Crippen MR) is 81.0 cm³/mol. The molecule has 0 heterocycles. The van der Waals surface area contributed by atoms with Crippen LogP contribution in [-0.2, 0) is 4.74 Å². The molecule has 0 aliphatic carbocycles. The van der Waals surface area contributed by atoms with Gasteiger partial charge in [-0.25, -0.2) is 9.18 Å². The zero-order chi connectivity index (χ0) is 13.8. The van der Waals surface area contributed by atoms with Gasteiger partial charge in [-0.05, 0) is 65.1 Å². The van der Waals surface area contributed by atoms with Gasteiger partial charge in [0, 0.05) is 13.4 Å². The Bertz CT molecular complexity index is 599. The number of methoxy groups -OCH3 is 1. The fourth-order valence-electron chi connectivity index (χ4n) is 1.46. The standard InChI is InChI=1S/C14H10FIO2S/c1-18-14(17)9-2-5-11(6-3-9)19-13-7-4-10(16)8-12(13)15/h2-8H,1H3. The van der Waals surface area contributed by atoms with Gasteiger partial charge in [0.05, 0.1) is 12.7 Å². The smallest absolute Gasteiger partial charge is 0.337 e. The Morgan fingerprint density at radius 3 is 2.47 bits per heavy atom. The van der Waals surface area contributed by atoms with Gasteiger partial charge < -0.3 is 4.74 Å². The summed E-state index contributed by atoms with van der Waals surface area (Å²) in [6, 6.07) is 12.0. The van der Waals surface area contributed by atoms with E-state index in [1.807, 2.05) is 6.07 Å². The molecule has 2 aromatic carbocycles. The van der Waals surface area contributed by atoms with E-state index in [2.05, 4.69) is 27.3 Å². The zero-order valence-electron chi connectivity index (χ0n) is 10.0. The Labute approximate surface area is 128 Å². The fraction of sp³-hybridized carbons (Fsp3) is 0.0714. The van der Waals surface area contributed by atoms with Crippen molar-refractivity contribution in [2.24, 2.45) is 0 Å². The van der Waals surface area contributed by atoms with Gasteiger partial charge in [0.1, 0.15) is 5.82 Å². The molecular weight excluding hydrogens is 378 g/mol. The largest absolute Gasteiger partial charge is 0.465 e. The van der Waals surface area contributed by atoms with Gasteiger partial charge in [0.2, 0.25) is 0 Å². The van der Waals surface area contributed by atoms with E-state index in [1.54, 1.807) is 30.3 Å². The van der Waals surface area contributed by atoms with E-state index >= 15 is 0 Å². The van der Waals surface area contributed by atoms with Gasteiger partial charge in [0.15, 0.2) is 0 Å². The molecule has 19 heavy (non-hydrogen) atoms. The maximum atomic E-state index is 13.7. The Kier molecular flexibility index (Phi) is 4.81. The molecule has 0 saturated heterocycles. The lowest BCUT2D eigenvalue weighted by Crippen LogP contribution is -2.00. The van der Waals surface area contributed by atoms with Crippen LogP contribution in [0.25, 0.3) is 0 Å². The van der Waals surface area contributed by atoms with Gasteiger partial charge >= 0.3 is 5.97 Å². The fourth-order valence-corrected chi connectivity index (χ4v) is 2.73. The molecule has 98 valence electrons. The van der Waals surface area contributed by atoms with Crippen LogP contribution >= 0.6 is 34.4 Å². The highest BCUT2D eigenvalue weighted by Crippen LogP contribution is 2.30. The van der Waals surface area contributed by atoms with E-state index in [0.717, 1.165) is 8.47 Å². The first kappa shape index (κ1) is 14.3. The molecule has 0 aromatic heterocycles. The number of esters is 1. The van der Waals surface area contributed by atoms with Crippen molar-refractivity contribution in [3.63, 3.8) is 0 Å². The summed E-state index contributed by atoms with van der Waals surface area (Å²) in [7, 11) is 1.34. The second kappa shape index (κ2) is 6.38. The lowest BCUT2D eigenvalue weighted by atomic mass is 10.2. The third-order valence-corrected chi connectivity index (χ3v) is 4.13. The van der Waals surface area contributed by atoms with Crippen LogP contribution in [0, 0.1) is 9.39 Å². The average molecular weight is 388 g/mol. The number of carbonyl (C=O) groups is 1. The highest BCUT2D eigenvalue weighted by Gasteiger charge is 2.07. The maximum absolute atomic E-state index is 13.7.